The van der Waals surface area contributed by atoms with Crippen LogP contribution in [0.2, 0.25) is 0 Å². The summed E-state index contributed by atoms with van der Waals surface area (Å²) >= 11 is 0. The zero-order chi connectivity index (χ0) is 7.56. The van der Waals surface area contributed by atoms with Crippen LogP contribution in [-0.4, -0.2) is 15.8 Å². The number of hydrogen-bond donors (Lipinski definition) is 1. The van der Waals surface area contributed by atoms with Gasteiger partial charge >= 0.3 is 0 Å². The molecule has 0 amide bonds. The van der Waals surface area contributed by atoms with Crippen molar-refractivity contribution < 1.29 is 4.79 Å². The molecule has 1 heterocycles. The van der Waals surface area contributed by atoms with Gasteiger partial charge in [-0.05, 0) is 6.92 Å². The van der Waals surface area contributed by atoms with Crippen LogP contribution in [-0.2, 0) is 0 Å². The third-order valence-corrected chi connectivity index (χ3v) is 1.08. The third kappa shape index (κ3) is 2.51. The molecular formula is C6H8ClN3O. The molecule has 0 aliphatic carbocycles. The minimum atomic E-state index is -0.0556. The highest BCUT2D eigenvalue weighted by Gasteiger charge is 1.97. The number of hydrogen-bond acceptors (Lipinski definition) is 4. The van der Waals surface area contributed by atoms with E-state index < -0.39 is 0 Å². The zero-order valence-corrected chi connectivity index (χ0v) is 6.76. The van der Waals surface area contributed by atoms with E-state index in [0.29, 0.717) is 5.56 Å². The van der Waals surface area contributed by atoms with E-state index in [-0.39, 0.29) is 24.1 Å². The second kappa shape index (κ2) is 3.88. The molecule has 1 rings (SSSR count). The number of nitrogens with two attached hydrogens (primary N) is 1. The number of halogens is 1. The van der Waals surface area contributed by atoms with Crippen LogP contribution in [0.15, 0.2) is 12.4 Å². The maximum Gasteiger partial charge on any atom is 0.219 e. The summed E-state index contributed by atoms with van der Waals surface area (Å²) < 4.78 is 0. The van der Waals surface area contributed by atoms with E-state index in [1.807, 2.05) is 0 Å². The van der Waals surface area contributed by atoms with Crippen LogP contribution in [0, 0.1) is 0 Å². The molecular weight excluding hydrogens is 166 g/mol. The average molecular weight is 174 g/mol. The summed E-state index contributed by atoms with van der Waals surface area (Å²) in [7, 11) is 0. The number of aromatic nitrogens is 2. The van der Waals surface area contributed by atoms with E-state index in [0.717, 1.165) is 0 Å². The Kier molecular flexibility index (Phi) is 3.47. The first-order chi connectivity index (χ1) is 4.70. The maximum absolute atomic E-state index is 10.6. The van der Waals surface area contributed by atoms with Crippen LogP contribution >= 0.6 is 12.4 Å². The third-order valence-electron chi connectivity index (χ3n) is 1.08. The lowest BCUT2D eigenvalue weighted by atomic mass is 10.2. The molecule has 4 nitrogen and oxygen atoms in total. The average Bonchev–Trinajstić information content (AvgIpc) is 1.88. The summed E-state index contributed by atoms with van der Waals surface area (Å²) in [6.07, 6.45) is 2.81. The van der Waals surface area contributed by atoms with Crippen molar-refractivity contribution in [1.82, 2.24) is 9.97 Å². The van der Waals surface area contributed by atoms with E-state index in [2.05, 4.69) is 9.97 Å². The van der Waals surface area contributed by atoms with Gasteiger partial charge in [-0.3, -0.25) is 4.79 Å². The molecule has 0 radical (unpaired) electrons. The first kappa shape index (κ1) is 9.84. The Bertz CT molecular complexity index is 247. The predicted molar refractivity (Wildman–Crippen MR) is 43.7 cm³/mol. The lowest BCUT2D eigenvalue weighted by Gasteiger charge is -1.92. The van der Waals surface area contributed by atoms with Crippen LogP contribution in [0.4, 0.5) is 5.95 Å². The van der Waals surface area contributed by atoms with Crippen molar-refractivity contribution in [1.29, 1.82) is 0 Å². The van der Waals surface area contributed by atoms with E-state index in [1.54, 1.807) is 0 Å². The summed E-state index contributed by atoms with van der Waals surface area (Å²) in [6.45, 7) is 1.45. The molecule has 1 aromatic heterocycles. The Morgan fingerprint density at radius 2 is 1.91 bits per heavy atom. The fourth-order valence-electron chi connectivity index (χ4n) is 0.520. The first-order valence-electron chi connectivity index (χ1n) is 2.78. The molecule has 0 bridgehead atoms. The van der Waals surface area contributed by atoms with E-state index in [4.69, 9.17) is 5.73 Å². The number of nitrogens with zero attached hydrogens (tertiary/aromatic N) is 2. The van der Waals surface area contributed by atoms with Crippen molar-refractivity contribution in [2.24, 2.45) is 0 Å². The quantitative estimate of drug-likeness (QED) is 0.635. The lowest BCUT2D eigenvalue weighted by Crippen LogP contribution is -1.98. The van der Waals surface area contributed by atoms with Crippen LogP contribution in [0.1, 0.15) is 17.3 Å². The highest BCUT2D eigenvalue weighted by molar-refractivity contribution is 5.93. The van der Waals surface area contributed by atoms with Crippen molar-refractivity contribution in [2.45, 2.75) is 6.92 Å². The van der Waals surface area contributed by atoms with Gasteiger partial charge in [-0.25, -0.2) is 9.97 Å². The highest BCUT2D eigenvalue weighted by Crippen LogP contribution is 1.96. The maximum atomic E-state index is 10.6. The molecule has 11 heavy (non-hydrogen) atoms. The van der Waals surface area contributed by atoms with Crippen LogP contribution in [0.3, 0.4) is 0 Å². The molecule has 0 atom stereocenters. The Balaban J connectivity index is 0.000001000. The largest absolute Gasteiger partial charge is 0.368 e. The van der Waals surface area contributed by atoms with Gasteiger partial charge in [0.2, 0.25) is 5.95 Å². The molecule has 0 saturated heterocycles. The minimum Gasteiger partial charge on any atom is -0.368 e. The number of Topliss-reactive ketones (excluding diaryl/α,β-unsaturated/α-hetero) is 1. The molecule has 2 N–H and O–H groups in total. The van der Waals surface area contributed by atoms with Gasteiger partial charge in [-0.15, -0.1) is 12.4 Å². The first-order valence-corrected chi connectivity index (χ1v) is 2.78. The van der Waals surface area contributed by atoms with E-state index in [9.17, 15) is 4.79 Å². The van der Waals surface area contributed by atoms with Gasteiger partial charge in [0.1, 0.15) is 0 Å². The summed E-state index contributed by atoms with van der Waals surface area (Å²) in [5, 5.41) is 0. The summed E-state index contributed by atoms with van der Waals surface area (Å²) in [5.41, 5.74) is 5.67. The van der Waals surface area contributed by atoms with Gasteiger partial charge in [0.15, 0.2) is 5.78 Å². The molecule has 0 spiro atoms. The number of anilines is 1. The Hall–Kier alpha value is -1.16. The van der Waals surface area contributed by atoms with Gasteiger partial charge in [-0.2, -0.15) is 0 Å². The SMILES string of the molecule is CC(=O)c1cnc(N)nc1.Cl. The van der Waals surface area contributed by atoms with Gasteiger partial charge in [0.25, 0.3) is 0 Å². The molecule has 5 heteroatoms. The molecule has 0 aliphatic rings. The standard InChI is InChI=1S/C6H7N3O.ClH/c1-4(10)5-2-8-6(7)9-3-5;/h2-3H,1H3,(H2,7,8,9);1H. The summed E-state index contributed by atoms with van der Waals surface area (Å²) in [4.78, 5) is 17.9. The zero-order valence-electron chi connectivity index (χ0n) is 5.94. The van der Waals surface area contributed by atoms with Crippen molar-refractivity contribution in [2.75, 3.05) is 5.73 Å². The molecule has 0 saturated carbocycles. The van der Waals surface area contributed by atoms with Crippen LogP contribution in [0.5, 0.6) is 0 Å². The van der Waals surface area contributed by atoms with Gasteiger partial charge < -0.3 is 5.73 Å². The molecule has 0 unspecified atom stereocenters. The Morgan fingerprint density at radius 3 is 2.27 bits per heavy atom. The second-order valence-corrected chi connectivity index (χ2v) is 1.89. The van der Waals surface area contributed by atoms with Crippen LogP contribution < -0.4 is 5.73 Å². The summed E-state index contributed by atoms with van der Waals surface area (Å²) in [6, 6.07) is 0. The molecule has 60 valence electrons. The molecule has 1 aromatic rings. The second-order valence-electron chi connectivity index (χ2n) is 1.89. The monoisotopic (exact) mass is 173 g/mol. The Morgan fingerprint density at radius 1 is 1.45 bits per heavy atom. The highest BCUT2D eigenvalue weighted by atomic mass is 35.5. The lowest BCUT2D eigenvalue weighted by molar-refractivity contribution is 0.101. The molecule has 0 fully saturated rings. The topological polar surface area (TPSA) is 68.9 Å². The fourth-order valence-corrected chi connectivity index (χ4v) is 0.520. The smallest absolute Gasteiger partial charge is 0.219 e. The van der Waals surface area contributed by atoms with Gasteiger partial charge in [-0.1, -0.05) is 0 Å². The number of carbonyl (C=O) groups is 1. The van der Waals surface area contributed by atoms with Crippen molar-refractivity contribution in [3.8, 4) is 0 Å². The Labute approximate surface area is 70.3 Å². The van der Waals surface area contributed by atoms with Gasteiger partial charge in [0, 0.05) is 12.4 Å². The number of carbonyl (C=O) groups excluding carboxylic acids is 1. The van der Waals surface area contributed by atoms with E-state index in [1.165, 1.54) is 19.3 Å². The number of rotatable bonds is 1. The van der Waals surface area contributed by atoms with Crippen molar-refractivity contribution in [3.63, 3.8) is 0 Å². The van der Waals surface area contributed by atoms with Crippen molar-refractivity contribution in [3.05, 3.63) is 18.0 Å². The van der Waals surface area contributed by atoms with Gasteiger partial charge in [0.05, 0.1) is 5.56 Å². The normalized spacial score (nSPS) is 8.45. The predicted octanol–water partition coefficient (Wildman–Crippen LogP) is 0.683. The number of ketones is 1. The number of nitrogen functional groups attached to an aromatic ring is 1. The fraction of sp³-hybridized carbons (Fsp3) is 0.167. The van der Waals surface area contributed by atoms with Crippen LogP contribution in [0.25, 0.3) is 0 Å². The minimum absolute atomic E-state index is 0. The molecule has 0 aliphatic heterocycles. The summed E-state index contributed by atoms with van der Waals surface area (Å²) in [5.74, 6) is 0.130. The van der Waals surface area contributed by atoms with E-state index >= 15 is 0 Å². The molecule has 0 aromatic carbocycles. The van der Waals surface area contributed by atoms with Crippen molar-refractivity contribution >= 4 is 24.1 Å².